The first-order valence-electron chi connectivity index (χ1n) is 6.92. The number of hydrogen-bond acceptors (Lipinski definition) is 3. The van der Waals surface area contributed by atoms with Crippen molar-refractivity contribution >= 4 is 16.7 Å². The second kappa shape index (κ2) is 6.14. The Balaban J connectivity index is 2.32. The maximum atomic E-state index is 11.0. The second-order valence-electron chi connectivity index (χ2n) is 5.40. The lowest BCUT2D eigenvalue weighted by Gasteiger charge is -2.23. The standard InChI is InChI=1S/C17H20O4/c1-10(11(2)17(19)20)16(18)14-5-4-13-9-15(21-3)7-6-12(13)8-14/h4-11,16,18H,1-3H3,(H,19,20). The number of benzene rings is 2. The molecule has 0 amide bonds. The van der Waals surface area contributed by atoms with Crippen LogP contribution in [0.3, 0.4) is 0 Å². The average Bonchev–Trinajstić information content (AvgIpc) is 2.51. The summed E-state index contributed by atoms with van der Waals surface area (Å²) in [5.41, 5.74) is 0.730. The highest BCUT2D eigenvalue weighted by atomic mass is 16.5. The Bertz CT molecular complexity index is 650. The number of hydrogen-bond donors (Lipinski definition) is 2. The smallest absolute Gasteiger partial charge is 0.306 e. The Morgan fingerprint density at radius 3 is 2.33 bits per heavy atom. The van der Waals surface area contributed by atoms with E-state index in [4.69, 9.17) is 9.84 Å². The van der Waals surface area contributed by atoms with Crippen molar-refractivity contribution in [3.8, 4) is 5.75 Å². The fraction of sp³-hybridized carbons (Fsp3) is 0.353. The number of carbonyl (C=O) groups is 1. The first-order chi connectivity index (χ1) is 9.93. The van der Waals surface area contributed by atoms with Gasteiger partial charge in [-0.2, -0.15) is 0 Å². The predicted octanol–water partition coefficient (Wildman–Crippen LogP) is 3.24. The van der Waals surface area contributed by atoms with Gasteiger partial charge < -0.3 is 14.9 Å². The number of methoxy groups -OCH3 is 1. The fourth-order valence-electron chi connectivity index (χ4n) is 2.36. The maximum Gasteiger partial charge on any atom is 0.306 e. The minimum absolute atomic E-state index is 0.363. The largest absolute Gasteiger partial charge is 0.497 e. The van der Waals surface area contributed by atoms with Crippen LogP contribution in [0.25, 0.3) is 10.8 Å². The van der Waals surface area contributed by atoms with Gasteiger partial charge >= 0.3 is 5.97 Å². The molecule has 3 atom stereocenters. The summed E-state index contributed by atoms with van der Waals surface area (Å²) >= 11 is 0. The average molecular weight is 288 g/mol. The van der Waals surface area contributed by atoms with Crippen LogP contribution < -0.4 is 4.74 Å². The minimum atomic E-state index is -0.896. The Kier molecular flexibility index (Phi) is 4.48. The van der Waals surface area contributed by atoms with Crippen molar-refractivity contribution in [2.45, 2.75) is 20.0 Å². The molecule has 0 aliphatic carbocycles. The number of ether oxygens (including phenoxy) is 1. The lowest BCUT2D eigenvalue weighted by atomic mass is 9.86. The van der Waals surface area contributed by atoms with E-state index in [0.29, 0.717) is 0 Å². The van der Waals surface area contributed by atoms with Crippen LogP contribution in [-0.2, 0) is 4.79 Å². The number of rotatable bonds is 5. The van der Waals surface area contributed by atoms with Crippen LogP contribution in [0, 0.1) is 11.8 Å². The molecule has 21 heavy (non-hydrogen) atoms. The van der Waals surface area contributed by atoms with E-state index in [2.05, 4.69) is 0 Å². The topological polar surface area (TPSA) is 66.8 Å². The molecule has 0 saturated carbocycles. The molecule has 0 saturated heterocycles. The number of aliphatic hydroxyl groups is 1. The number of aliphatic hydroxyl groups excluding tert-OH is 1. The summed E-state index contributed by atoms with van der Waals surface area (Å²) in [6.07, 6.45) is -0.803. The molecule has 2 N–H and O–H groups in total. The quantitative estimate of drug-likeness (QED) is 0.886. The van der Waals surface area contributed by atoms with Crippen molar-refractivity contribution < 1.29 is 19.7 Å². The summed E-state index contributed by atoms with van der Waals surface area (Å²) in [6, 6.07) is 11.4. The van der Waals surface area contributed by atoms with Gasteiger partial charge in [-0.3, -0.25) is 4.79 Å². The van der Waals surface area contributed by atoms with Crippen molar-refractivity contribution in [2.24, 2.45) is 11.8 Å². The zero-order valence-electron chi connectivity index (χ0n) is 12.4. The van der Waals surface area contributed by atoms with Crippen LogP contribution in [-0.4, -0.2) is 23.3 Å². The molecule has 112 valence electrons. The van der Waals surface area contributed by atoms with Crippen molar-refractivity contribution in [3.63, 3.8) is 0 Å². The van der Waals surface area contributed by atoms with Gasteiger partial charge in [-0.1, -0.05) is 32.0 Å². The molecule has 0 radical (unpaired) electrons. The van der Waals surface area contributed by atoms with Gasteiger partial charge in [0.1, 0.15) is 5.75 Å². The summed E-state index contributed by atoms with van der Waals surface area (Å²) in [5, 5.41) is 21.4. The molecule has 3 unspecified atom stereocenters. The van der Waals surface area contributed by atoms with Crippen molar-refractivity contribution in [2.75, 3.05) is 7.11 Å². The lowest BCUT2D eigenvalue weighted by Crippen LogP contribution is -2.23. The zero-order chi connectivity index (χ0) is 15.6. The van der Waals surface area contributed by atoms with E-state index in [1.807, 2.05) is 36.4 Å². The van der Waals surface area contributed by atoms with Gasteiger partial charge in [0, 0.05) is 0 Å². The van der Waals surface area contributed by atoms with E-state index in [-0.39, 0.29) is 5.92 Å². The van der Waals surface area contributed by atoms with Crippen LogP contribution in [0.5, 0.6) is 5.75 Å². The molecule has 0 aliphatic heterocycles. The van der Waals surface area contributed by atoms with Gasteiger partial charge in [0.05, 0.1) is 19.1 Å². The number of carboxylic acid groups (broad SMARTS) is 1. The van der Waals surface area contributed by atoms with Crippen LogP contribution in [0.1, 0.15) is 25.5 Å². The lowest BCUT2D eigenvalue weighted by molar-refractivity contribution is -0.144. The second-order valence-corrected chi connectivity index (χ2v) is 5.40. The van der Waals surface area contributed by atoms with E-state index in [1.54, 1.807) is 21.0 Å². The summed E-state index contributed by atoms with van der Waals surface area (Å²) < 4.78 is 5.18. The minimum Gasteiger partial charge on any atom is -0.497 e. The van der Waals surface area contributed by atoms with Gasteiger partial charge in [0.25, 0.3) is 0 Å². The van der Waals surface area contributed by atoms with E-state index in [9.17, 15) is 9.90 Å². The maximum absolute atomic E-state index is 11.0. The molecule has 0 aliphatic rings. The molecular formula is C17H20O4. The number of fused-ring (bicyclic) bond motifs is 1. The van der Waals surface area contributed by atoms with Gasteiger partial charge in [-0.05, 0) is 40.5 Å². The molecule has 0 fully saturated rings. The van der Waals surface area contributed by atoms with Crippen molar-refractivity contribution in [1.82, 2.24) is 0 Å². The summed E-state index contributed by atoms with van der Waals surface area (Å²) in [7, 11) is 1.62. The summed E-state index contributed by atoms with van der Waals surface area (Å²) in [6.45, 7) is 3.36. The predicted molar refractivity (Wildman–Crippen MR) is 81.4 cm³/mol. The van der Waals surface area contributed by atoms with Crippen molar-refractivity contribution in [1.29, 1.82) is 0 Å². The van der Waals surface area contributed by atoms with Gasteiger partial charge in [0.15, 0.2) is 0 Å². The third-order valence-corrected chi connectivity index (χ3v) is 4.09. The molecule has 2 rings (SSSR count). The van der Waals surface area contributed by atoms with Gasteiger partial charge in [0.2, 0.25) is 0 Å². The number of carboxylic acids is 1. The Morgan fingerprint density at radius 2 is 1.71 bits per heavy atom. The van der Waals surface area contributed by atoms with E-state index in [0.717, 1.165) is 22.1 Å². The van der Waals surface area contributed by atoms with Crippen LogP contribution in [0.15, 0.2) is 36.4 Å². The first kappa shape index (κ1) is 15.3. The van der Waals surface area contributed by atoms with E-state index >= 15 is 0 Å². The summed E-state index contributed by atoms with van der Waals surface area (Å²) in [4.78, 5) is 11.0. The highest BCUT2D eigenvalue weighted by molar-refractivity contribution is 5.84. The molecule has 4 nitrogen and oxygen atoms in total. The molecular weight excluding hydrogens is 268 g/mol. The van der Waals surface area contributed by atoms with Gasteiger partial charge in [-0.15, -0.1) is 0 Å². The van der Waals surface area contributed by atoms with Crippen LogP contribution in [0.4, 0.5) is 0 Å². The molecule has 2 aromatic carbocycles. The van der Waals surface area contributed by atoms with E-state index < -0.39 is 18.0 Å². The molecule has 4 heteroatoms. The fourth-order valence-corrected chi connectivity index (χ4v) is 2.36. The Hall–Kier alpha value is -2.07. The molecule has 0 bridgehead atoms. The third-order valence-electron chi connectivity index (χ3n) is 4.09. The Labute approximate surface area is 124 Å². The van der Waals surface area contributed by atoms with E-state index in [1.165, 1.54) is 0 Å². The highest BCUT2D eigenvalue weighted by Crippen LogP contribution is 2.30. The molecule has 0 aromatic heterocycles. The van der Waals surface area contributed by atoms with Crippen LogP contribution in [0.2, 0.25) is 0 Å². The number of aliphatic carboxylic acids is 1. The SMILES string of the molecule is COc1ccc2cc(C(O)C(C)C(C)C(=O)O)ccc2c1. The van der Waals surface area contributed by atoms with Gasteiger partial charge in [-0.25, -0.2) is 0 Å². The summed E-state index contributed by atoms with van der Waals surface area (Å²) in [5.74, 6) is -1.08. The van der Waals surface area contributed by atoms with Crippen molar-refractivity contribution in [3.05, 3.63) is 42.0 Å². The third kappa shape index (κ3) is 3.16. The normalized spacial score (nSPS) is 15.4. The monoisotopic (exact) mass is 288 g/mol. The molecule has 0 spiro atoms. The Morgan fingerprint density at radius 1 is 1.10 bits per heavy atom. The first-order valence-corrected chi connectivity index (χ1v) is 6.92. The zero-order valence-corrected chi connectivity index (χ0v) is 12.4. The molecule has 0 heterocycles. The van der Waals surface area contributed by atoms with Crippen LogP contribution >= 0.6 is 0 Å². The molecule has 2 aromatic rings. The highest BCUT2D eigenvalue weighted by Gasteiger charge is 2.27.